The average molecular weight is 279 g/mol. The number of carbonyl (C=O) groups is 1. The van der Waals surface area contributed by atoms with Gasteiger partial charge in [0.2, 0.25) is 0 Å². The maximum absolute atomic E-state index is 11.4. The van der Waals surface area contributed by atoms with Gasteiger partial charge in [-0.3, -0.25) is 4.79 Å². The van der Waals surface area contributed by atoms with Crippen LogP contribution >= 0.6 is 11.6 Å². The van der Waals surface area contributed by atoms with Crippen molar-refractivity contribution in [3.05, 3.63) is 47.5 Å². The van der Waals surface area contributed by atoms with Crippen molar-refractivity contribution in [2.75, 3.05) is 0 Å². The van der Waals surface area contributed by atoms with Crippen LogP contribution in [0.2, 0.25) is 5.02 Å². The molecule has 0 saturated heterocycles. The van der Waals surface area contributed by atoms with E-state index in [2.05, 4.69) is 18.7 Å². The molecule has 0 N–H and O–H groups in total. The molecule has 0 bridgehead atoms. The van der Waals surface area contributed by atoms with E-state index in [-0.39, 0.29) is 12.1 Å². The maximum Gasteiger partial charge on any atom is 0.309 e. The van der Waals surface area contributed by atoms with E-state index >= 15 is 0 Å². The standard InChI is InChI=1S/C16H19ClO2/c1-2-3-16(18)19-15-10-6-13(7-11-15)12-4-8-14(17)9-5-12/h2,4-5,8-9,13,15H,1,3,6-7,10-11H2/t13-,15-. The van der Waals surface area contributed by atoms with Crippen LogP contribution in [0, 0.1) is 0 Å². The zero-order valence-electron chi connectivity index (χ0n) is 11.0. The molecule has 1 fully saturated rings. The second-order valence-corrected chi connectivity index (χ2v) is 5.44. The lowest BCUT2D eigenvalue weighted by Gasteiger charge is -2.28. The van der Waals surface area contributed by atoms with Crippen LogP contribution in [0.5, 0.6) is 0 Å². The third-order valence-electron chi connectivity index (χ3n) is 3.62. The largest absolute Gasteiger partial charge is 0.462 e. The van der Waals surface area contributed by atoms with Gasteiger partial charge in [-0.05, 0) is 49.3 Å². The minimum atomic E-state index is -0.162. The number of hydrogen-bond donors (Lipinski definition) is 0. The van der Waals surface area contributed by atoms with Gasteiger partial charge in [-0.25, -0.2) is 0 Å². The average Bonchev–Trinajstić information content (AvgIpc) is 2.41. The van der Waals surface area contributed by atoms with Crippen LogP contribution in [0.4, 0.5) is 0 Å². The van der Waals surface area contributed by atoms with Crippen molar-refractivity contribution < 1.29 is 9.53 Å². The number of hydrogen-bond acceptors (Lipinski definition) is 2. The molecule has 0 heterocycles. The molecular formula is C16H19ClO2. The van der Waals surface area contributed by atoms with Crippen LogP contribution < -0.4 is 0 Å². The molecule has 1 aliphatic rings. The number of benzene rings is 1. The molecule has 0 amide bonds. The van der Waals surface area contributed by atoms with Crippen molar-refractivity contribution in [2.45, 2.75) is 44.1 Å². The topological polar surface area (TPSA) is 26.3 Å². The maximum atomic E-state index is 11.4. The fraction of sp³-hybridized carbons (Fsp3) is 0.438. The monoisotopic (exact) mass is 278 g/mol. The van der Waals surface area contributed by atoms with Crippen LogP contribution in [-0.4, -0.2) is 12.1 Å². The first kappa shape index (κ1) is 14.1. The van der Waals surface area contributed by atoms with Crippen molar-refractivity contribution in [1.82, 2.24) is 0 Å². The molecule has 0 aromatic heterocycles. The molecule has 1 aliphatic carbocycles. The van der Waals surface area contributed by atoms with Crippen molar-refractivity contribution in [1.29, 1.82) is 0 Å². The van der Waals surface area contributed by atoms with Gasteiger partial charge < -0.3 is 4.74 Å². The summed E-state index contributed by atoms with van der Waals surface area (Å²) in [7, 11) is 0. The predicted molar refractivity (Wildman–Crippen MR) is 77.4 cm³/mol. The molecule has 1 saturated carbocycles. The Kier molecular flexibility index (Phi) is 5.03. The highest BCUT2D eigenvalue weighted by Gasteiger charge is 2.24. The molecule has 0 aliphatic heterocycles. The molecule has 0 unspecified atom stereocenters. The third kappa shape index (κ3) is 4.10. The van der Waals surface area contributed by atoms with Crippen LogP contribution in [0.3, 0.4) is 0 Å². The zero-order valence-corrected chi connectivity index (χ0v) is 11.7. The second-order valence-electron chi connectivity index (χ2n) is 5.01. The Morgan fingerprint density at radius 1 is 1.26 bits per heavy atom. The molecule has 2 rings (SSSR count). The smallest absolute Gasteiger partial charge is 0.309 e. The zero-order chi connectivity index (χ0) is 13.7. The van der Waals surface area contributed by atoms with Crippen molar-refractivity contribution >= 4 is 17.6 Å². The number of esters is 1. The van der Waals surface area contributed by atoms with E-state index < -0.39 is 0 Å². The first-order chi connectivity index (χ1) is 9.19. The molecule has 3 heteroatoms. The predicted octanol–water partition coefficient (Wildman–Crippen LogP) is 4.49. The van der Waals surface area contributed by atoms with Gasteiger partial charge in [0.15, 0.2) is 0 Å². The first-order valence-electron chi connectivity index (χ1n) is 6.75. The van der Waals surface area contributed by atoms with Gasteiger partial charge in [-0.15, -0.1) is 6.58 Å². The summed E-state index contributed by atoms with van der Waals surface area (Å²) in [6, 6.07) is 8.06. The highest BCUT2D eigenvalue weighted by atomic mass is 35.5. The summed E-state index contributed by atoms with van der Waals surface area (Å²) in [5, 5.41) is 0.774. The summed E-state index contributed by atoms with van der Waals surface area (Å²) in [5.41, 5.74) is 1.33. The summed E-state index contributed by atoms with van der Waals surface area (Å²) < 4.78 is 5.40. The van der Waals surface area contributed by atoms with E-state index in [4.69, 9.17) is 16.3 Å². The molecule has 19 heavy (non-hydrogen) atoms. The third-order valence-corrected chi connectivity index (χ3v) is 3.88. The van der Waals surface area contributed by atoms with Crippen molar-refractivity contribution in [2.24, 2.45) is 0 Å². The minimum absolute atomic E-state index is 0.0796. The van der Waals surface area contributed by atoms with Gasteiger partial charge >= 0.3 is 5.97 Å². The molecular weight excluding hydrogens is 260 g/mol. The van der Waals surface area contributed by atoms with Gasteiger partial charge in [0.25, 0.3) is 0 Å². The highest BCUT2D eigenvalue weighted by molar-refractivity contribution is 6.30. The molecule has 102 valence electrons. The van der Waals surface area contributed by atoms with E-state index in [1.165, 1.54) is 5.56 Å². The quantitative estimate of drug-likeness (QED) is 0.599. The lowest BCUT2D eigenvalue weighted by molar-refractivity contribution is -0.149. The normalized spacial score (nSPS) is 22.8. The molecule has 0 radical (unpaired) electrons. The Bertz CT molecular complexity index is 431. The Hall–Kier alpha value is -1.28. The fourth-order valence-corrected chi connectivity index (χ4v) is 2.73. The molecule has 1 aromatic rings. The molecule has 1 aromatic carbocycles. The highest BCUT2D eigenvalue weighted by Crippen LogP contribution is 2.34. The van der Waals surface area contributed by atoms with E-state index in [1.54, 1.807) is 6.08 Å². The van der Waals surface area contributed by atoms with E-state index in [1.807, 2.05) is 12.1 Å². The summed E-state index contributed by atoms with van der Waals surface area (Å²) in [6.45, 7) is 3.54. The number of rotatable bonds is 4. The second kappa shape index (κ2) is 6.76. The van der Waals surface area contributed by atoms with E-state index in [9.17, 15) is 4.79 Å². The number of carbonyl (C=O) groups excluding carboxylic acids is 1. The molecule has 0 atom stereocenters. The Labute approximate surface area is 119 Å². The van der Waals surface area contributed by atoms with Crippen LogP contribution in [0.1, 0.15) is 43.6 Å². The van der Waals surface area contributed by atoms with E-state index in [0.717, 1.165) is 30.7 Å². The minimum Gasteiger partial charge on any atom is -0.462 e. The van der Waals surface area contributed by atoms with Crippen LogP contribution in [-0.2, 0) is 9.53 Å². The summed E-state index contributed by atoms with van der Waals surface area (Å²) >= 11 is 5.90. The number of halogens is 1. The van der Waals surface area contributed by atoms with Gasteiger partial charge in [-0.1, -0.05) is 29.8 Å². The SMILES string of the molecule is C=CCC(=O)O[C@H]1CC[C@H](c2ccc(Cl)cc2)CC1. The van der Waals surface area contributed by atoms with Crippen molar-refractivity contribution in [3.63, 3.8) is 0 Å². The lowest BCUT2D eigenvalue weighted by atomic mass is 9.83. The van der Waals surface area contributed by atoms with Gasteiger partial charge in [0.1, 0.15) is 6.10 Å². The van der Waals surface area contributed by atoms with Gasteiger partial charge in [-0.2, -0.15) is 0 Å². The van der Waals surface area contributed by atoms with Gasteiger partial charge in [0, 0.05) is 5.02 Å². The summed E-state index contributed by atoms with van der Waals surface area (Å²) in [6.07, 6.45) is 5.97. The Morgan fingerprint density at radius 2 is 1.89 bits per heavy atom. The van der Waals surface area contributed by atoms with E-state index in [0.29, 0.717) is 12.3 Å². The number of ether oxygens (including phenoxy) is 1. The summed E-state index contributed by atoms with van der Waals surface area (Å²) in [5.74, 6) is 0.400. The van der Waals surface area contributed by atoms with Crippen LogP contribution in [0.15, 0.2) is 36.9 Å². The molecule has 2 nitrogen and oxygen atoms in total. The van der Waals surface area contributed by atoms with Gasteiger partial charge in [0.05, 0.1) is 6.42 Å². The Balaban J connectivity index is 1.83. The molecule has 0 spiro atoms. The van der Waals surface area contributed by atoms with Crippen LogP contribution in [0.25, 0.3) is 0 Å². The fourth-order valence-electron chi connectivity index (χ4n) is 2.60. The van der Waals surface area contributed by atoms with Crippen molar-refractivity contribution in [3.8, 4) is 0 Å². The summed E-state index contributed by atoms with van der Waals surface area (Å²) in [4.78, 5) is 11.4. The Morgan fingerprint density at radius 3 is 2.47 bits per heavy atom. The lowest BCUT2D eigenvalue weighted by Crippen LogP contribution is -2.23. The first-order valence-corrected chi connectivity index (χ1v) is 7.12.